The van der Waals surface area contributed by atoms with E-state index in [2.05, 4.69) is 29.6 Å². The van der Waals surface area contributed by atoms with Gasteiger partial charge in [-0.25, -0.2) is 4.79 Å². The van der Waals surface area contributed by atoms with Crippen molar-refractivity contribution in [3.8, 4) is 11.1 Å². The molecule has 34 heavy (non-hydrogen) atoms. The van der Waals surface area contributed by atoms with Gasteiger partial charge in [-0.3, -0.25) is 9.59 Å². The highest BCUT2D eigenvalue weighted by atomic mass is 16.5. The fourth-order valence-corrected chi connectivity index (χ4v) is 5.19. The molecule has 2 N–H and O–H groups in total. The van der Waals surface area contributed by atoms with Gasteiger partial charge in [-0.15, -0.1) is 0 Å². The van der Waals surface area contributed by atoms with Crippen molar-refractivity contribution in [1.82, 2.24) is 10.2 Å². The van der Waals surface area contributed by atoms with E-state index in [9.17, 15) is 19.5 Å². The van der Waals surface area contributed by atoms with Crippen LogP contribution < -0.4 is 5.32 Å². The second kappa shape index (κ2) is 9.87. The van der Waals surface area contributed by atoms with Gasteiger partial charge >= 0.3 is 12.1 Å². The fraction of sp³-hybridized carbons (Fsp3) is 0.444. The van der Waals surface area contributed by atoms with Crippen LogP contribution in [0.15, 0.2) is 48.5 Å². The van der Waals surface area contributed by atoms with E-state index in [1.165, 1.54) is 11.1 Å². The van der Waals surface area contributed by atoms with Gasteiger partial charge in [-0.2, -0.15) is 0 Å². The van der Waals surface area contributed by atoms with Gasteiger partial charge < -0.3 is 20.1 Å². The van der Waals surface area contributed by atoms with Gasteiger partial charge in [-0.1, -0.05) is 55.5 Å². The summed E-state index contributed by atoms with van der Waals surface area (Å²) in [6, 6.07) is 15.9. The number of piperidine rings is 1. The summed E-state index contributed by atoms with van der Waals surface area (Å²) < 4.78 is 5.57. The Kier molecular flexibility index (Phi) is 6.91. The molecule has 2 aromatic carbocycles. The Bertz CT molecular complexity index is 1030. The van der Waals surface area contributed by atoms with Gasteiger partial charge in [0.2, 0.25) is 5.91 Å². The first-order chi connectivity index (χ1) is 16.3. The number of fused-ring (bicyclic) bond motifs is 3. The third kappa shape index (κ3) is 4.65. The first kappa shape index (κ1) is 23.8. The summed E-state index contributed by atoms with van der Waals surface area (Å²) in [4.78, 5) is 38.5. The average Bonchev–Trinajstić information content (AvgIpc) is 3.16. The van der Waals surface area contributed by atoms with Crippen LogP contribution in [0.4, 0.5) is 4.79 Å². The quantitative estimate of drug-likeness (QED) is 0.633. The number of nitrogens with one attached hydrogen (secondary N) is 1. The summed E-state index contributed by atoms with van der Waals surface area (Å²) in [5.74, 6) is -0.884. The van der Waals surface area contributed by atoms with E-state index in [-0.39, 0.29) is 30.9 Å². The maximum absolute atomic E-state index is 12.7. The number of carbonyl (C=O) groups is 3. The summed E-state index contributed by atoms with van der Waals surface area (Å²) in [5.41, 5.74) is 3.90. The molecule has 7 nitrogen and oxygen atoms in total. The van der Waals surface area contributed by atoms with Gasteiger partial charge in [0.1, 0.15) is 6.61 Å². The maximum atomic E-state index is 12.7. The van der Waals surface area contributed by atoms with Crippen LogP contribution in [0, 0.1) is 5.41 Å². The van der Waals surface area contributed by atoms with Gasteiger partial charge in [0, 0.05) is 31.5 Å². The predicted molar refractivity (Wildman–Crippen MR) is 128 cm³/mol. The lowest BCUT2D eigenvalue weighted by molar-refractivity contribution is -0.154. The number of carboxylic acid groups (broad SMARTS) is 1. The summed E-state index contributed by atoms with van der Waals surface area (Å²) in [7, 11) is 0. The van der Waals surface area contributed by atoms with Crippen LogP contribution in [0.1, 0.15) is 56.6 Å². The van der Waals surface area contributed by atoms with Crippen LogP contribution in [0.25, 0.3) is 11.1 Å². The monoisotopic (exact) mass is 464 g/mol. The van der Waals surface area contributed by atoms with Gasteiger partial charge in [0.05, 0.1) is 5.41 Å². The third-order valence-electron chi connectivity index (χ3n) is 7.39. The zero-order valence-corrected chi connectivity index (χ0v) is 19.8. The van der Waals surface area contributed by atoms with Crippen LogP contribution in [0.2, 0.25) is 0 Å². The lowest BCUT2D eigenvalue weighted by Crippen LogP contribution is -2.47. The second-order valence-electron chi connectivity index (χ2n) is 9.39. The highest BCUT2D eigenvalue weighted by Crippen LogP contribution is 2.44. The molecule has 2 aromatic rings. The van der Waals surface area contributed by atoms with Crippen molar-refractivity contribution in [2.75, 3.05) is 19.7 Å². The summed E-state index contributed by atoms with van der Waals surface area (Å²) >= 11 is 0. The molecule has 0 bridgehead atoms. The molecule has 2 amide bonds. The van der Waals surface area contributed by atoms with Crippen molar-refractivity contribution in [3.05, 3.63) is 59.7 Å². The smallest absolute Gasteiger partial charge is 0.407 e. The number of nitrogens with zero attached hydrogens (tertiary/aromatic N) is 1. The number of aliphatic carboxylic acids is 1. The molecule has 1 heterocycles. The van der Waals surface area contributed by atoms with E-state index in [0.717, 1.165) is 11.1 Å². The molecule has 7 heteroatoms. The van der Waals surface area contributed by atoms with E-state index >= 15 is 0 Å². The average molecular weight is 465 g/mol. The molecule has 2 aliphatic rings. The molecule has 1 aliphatic heterocycles. The van der Waals surface area contributed by atoms with E-state index in [0.29, 0.717) is 32.4 Å². The van der Waals surface area contributed by atoms with E-state index in [1.807, 2.05) is 31.2 Å². The van der Waals surface area contributed by atoms with Crippen LogP contribution in [0.3, 0.4) is 0 Å². The van der Waals surface area contributed by atoms with Crippen LogP contribution in [-0.2, 0) is 14.3 Å². The molecular weight excluding hydrogens is 432 g/mol. The molecule has 1 fully saturated rings. The lowest BCUT2D eigenvalue weighted by atomic mass is 9.76. The number of carboxylic acids is 1. The number of benzene rings is 2. The SMILES string of the molecule is CCC1(C(=O)O)CCN(C(=O)C[C@@H](C)NC(=O)OCC2c3ccccc3-c3ccccc32)CC1. The van der Waals surface area contributed by atoms with Gasteiger partial charge in [0.15, 0.2) is 0 Å². The number of alkyl carbamates (subject to hydrolysis) is 1. The number of likely N-dealkylation sites (tertiary alicyclic amines) is 1. The van der Waals surface area contributed by atoms with Gasteiger partial charge in [0.25, 0.3) is 0 Å². The molecule has 1 aliphatic carbocycles. The Balaban J connectivity index is 1.27. The van der Waals surface area contributed by atoms with Crippen molar-refractivity contribution >= 4 is 18.0 Å². The zero-order valence-electron chi connectivity index (χ0n) is 19.8. The summed E-state index contributed by atoms with van der Waals surface area (Å²) in [6.45, 7) is 4.73. The normalized spacial score (nSPS) is 17.4. The number of hydrogen-bond acceptors (Lipinski definition) is 4. The number of amides is 2. The Labute approximate surface area is 200 Å². The van der Waals surface area contributed by atoms with Crippen molar-refractivity contribution in [3.63, 3.8) is 0 Å². The van der Waals surface area contributed by atoms with Crippen LogP contribution in [0.5, 0.6) is 0 Å². The fourth-order valence-electron chi connectivity index (χ4n) is 5.19. The van der Waals surface area contributed by atoms with Crippen molar-refractivity contribution in [2.24, 2.45) is 5.41 Å². The molecule has 0 spiro atoms. The Hall–Kier alpha value is -3.35. The molecule has 0 saturated carbocycles. The molecule has 0 aromatic heterocycles. The van der Waals surface area contributed by atoms with E-state index in [4.69, 9.17) is 4.74 Å². The van der Waals surface area contributed by atoms with Crippen molar-refractivity contribution < 1.29 is 24.2 Å². The minimum Gasteiger partial charge on any atom is -0.481 e. The molecule has 4 rings (SSSR count). The topological polar surface area (TPSA) is 95.9 Å². The Morgan fingerprint density at radius 2 is 1.62 bits per heavy atom. The van der Waals surface area contributed by atoms with Crippen molar-refractivity contribution in [1.29, 1.82) is 0 Å². The summed E-state index contributed by atoms with van der Waals surface area (Å²) in [5, 5.41) is 12.3. The lowest BCUT2D eigenvalue weighted by Gasteiger charge is -2.38. The molecular formula is C27H32N2O5. The minimum absolute atomic E-state index is 0.0171. The minimum atomic E-state index is -0.785. The van der Waals surface area contributed by atoms with Crippen LogP contribution >= 0.6 is 0 Å². The third-order valence-corrected chi connectivity index (χ3v) is 7.39. The highest BCUT2D eigenvalue weighted by molar-refractivity contribution is 5.80. The number of carbonyl (C=O) groups excluding carboxylic acids is 2. The standard InChI is InChI=1S/C27H32N2O5/c1-3-27(25(31)32)12-14-29(15-13-27)24(30)16-18(2)28-26(33)34-17-23-21-10-6-4-8-19(21)20-9-5-7-11-22(20)23/h4-11,18,23H,3,12-17H2,1-2H3,(H,28,33)(H,31,32)/t18-/m1/s1. The molecule has 0 radical (unpaired) electrons. The highest BCUT2D eigenvalue weighted by Gasteiger charge is 2.40. The van der Waals surface area contributed by atoms with Crippen molar-refractivity contribution in [2.45, 2.75) is 51.5 Å². The first-order valence-electron chi connectivity index (χ1n) is 12.0. The molecule has 0 unspecified atom stereocenters. The molecule has 180 valence electrons. The summed E-state index contributed by atoms with van der Waals surface area (Å²) in [6.07, 6.45) is 1.08. The van der Waals surface area contributed by atoms with E-state index < -0.39 is 17.5 Å². The zero-order chi connectivity index (χ0) is 24.3. The molecule has 1 atom stereocenters. The first-order valence-corrected chi connectivity index (χ1v) is 12.0. The largest absolute Gasteiger partial charge is 0.481 e. The Morgan fingerprint density at radius 1 is 1.06 bits per heavy atom. The van der Waals surface area contributed by atoms with Crippen LogP contribution in [-0.4, -0.2) is 53.7 Å². The number of rotatable bonds is 7. The maximum Gasteiger partial charge on any atom is 0.407 e. The number of ether oxygens (including phenoxy) is 1. The predicted octanol–water partition coefficient (Wildman–Crippen LogP) is 4.41. The van der Waals surface area contributed by atoms with E-state index in [1.54, 1.807) is 11.8 Å². The number of hydrogen-bond donors (Lipinski definition) is 2. The molecule has 1 saturated heterocycles. The second-order valence-corrected chi connectivity index (χ2v) is 9.39. The Morgan fingerprint density at radius 3 is 2.15 bits per heavy atom. The van der Waals surface area contributed by atoms with Gasteiger partial charge in [-0.05, 0) is 48.4 Å².